The van der Waals surface area contributed by atoms with Gasteiger partial charge < -0.3 is 10.6 Å². The van der Waals surface area contributed by atoms with Crippen LogP contribution in [0.15, 0.2) is 36.5 Å². The number of urea groups is 1. The van der Waals surface area contributed by atoms with Gasteiger partial charge in [0.2, 0.25) is 5.91 Å². The predicted molar refractivity (Wildman–Crippen MR) is 84.8 cm³/mol. The molecular weight excluding hydrogens is 366 g/mol. The number of amides is 3. The van der Waals surface area contributed by atoms with Crippen molar-refractivity contribution in [2.75, 3.05) is 6.54 Å². The fourth-order valence-electron chi connectivity index (χ4n) is 3.24. The fourth-order valence-corrected chi connectivity index (χ4v) is 3.61. The number of rotatable bonds is 4. The van der Waals surface area contributed by atoms with E-state index in [1.165, 1.54) is 4.68 Å². The molecule has 3 amide bonds. The topological polar surface area (TPSA) is 148 Å². The molecule has 1 unspecified atom stereocenters. The molecule has 2 atom stereocenters. The van der Waals surface area contributed by atoms with Gasteiger partial charge in [-0.2, -0.15) is 18.6 Å². The predicted octanol–water partition coefficient (Wildman–Crippen LogP) is -0.0746. The highest BCUT2D eigenvalue weighted by Crippen LogP contribution is 2.43. The van der Waals surface area contributed by atoms with Gasteiger partial charge in [0.25, 0.3) is 0 Å². The SMILES string of the molecule is NC(=O)C1c2nn(-c3ccccc3)cc2[C@H]2CN1C(=O)N2OS(=O)(=O)O. The summed E-state index contributed by atoms with van der Waals surface area (Å²) >= 11 is 0. The van der Waals surface area contributed by atoms with Crippen LogP contribution >= 0.6 is 0 Å². The van der Waals surface area contributed by atoms with Gasteiger partial charge in [-0.25, -0.2) is 9.48 Å². The minimum Gasteiger partial charge on any atom is -0.368 e. The van der Waals surface area contributed by atoms with E-state index >= 15 is 0 Å². The quantitative estimate of drug-likeness (QED) is 0.706. The van der Waals surface area contributed by atoms with Gasteiger partial charge in [0.15, 0.2) is 6.04 Å². The third-order valence-corrected chi connectivity index (χ3v) is 4.60. The first-order valence-electron chi connectivity index (χ1n) is 7.47. The minimum absolute atomic E-state index is 0.0323. The van der Waals surface area contributed by atoms with Gasteiger partial charge in [-0.1, -0.05) is 18.2 Å². The molecule has 136 valence electrons. The molecule has 2 aliphatic rings. The van der Waals surface area contributed by atoms with E-state index in [2.05, 4.69) is 9.38 Å². The molecule has 1 aromatic carbocycles. The molecular formula is C14H13N5O6S. The number of hydrogen-bond acceptors (Lipinski definition) is 6. The Morgan fingerprint density at radius 2 is 2.00 bits per heavy atom. The summed E-state index contributed by atoms with van der Waals surface area (Å²) in [5, 5.41) is 4.87. The van der Waals surface area contributed by atoms with Crippen LogP contribution in [0.5, 0.6) is 0 Å². The van der Waals surface area contributed by atoms with Crippen molar-refractivity contribution in [3.63, 3.8) is 0 Å². The smallest absolute Gasteiger partial charge is 0.368 e. The first kappa shape index (κ1) is 16.5. The fraction of sp³-hybridized carbons (Fsp3) is 0.214. The lowest BCUT2D eigenvalue weighted by atomic mass is 9.98. The molecule has 3 N–H and O–H groups in total. The molecule has 11 nitrogen and oxygen atoms in total. The average molecular weight is 379 g/mol. The van der Waals surface area contributed by atoms with Crippen molar-refractivity contribution in [1.29, 1.82) is 0 Å². The van der Waals surface area contributed by atoms with Gasteiger partial charge in [-0.05, 0) is 12.1 Å². The zero-order valence-corrected chi connectivity index (χ0v) is 13.9. The van der Waals surface area contributed by atoms with E-state index in [4.69, 9.17) is 10.3 Å². The Hall–Kier alpha value is -2.96. The molecule has 0 saturated carbocycles. The third-order valence-electron chi connectivity index (χ3n) is 4.25. The van der Waals surface area contributed by atoms with Crippen LogP contribution in [0.1, 0.15) is 23.3 Å². The van der Waals surface area contributed by atoms with E-state index in [1.807, 2.05) is 6.07 Å². The first-order valence-corrected chi connectivity index (χ1v) is 8.84. The van der Waals surface area contributed by atoms with E-state index in [0.717, 1.165) is 4.90 Å². The van der Waals surface area contributed by atoms with Gasteiger partial charge in [-0.3, -0.25) is 9.35 Å². The van der Waals surface area contributed by atoms with Crippen molar-refractivity contribution in [1.82, 2.24) is 19.7 Å². The molecule has 2 bridgehead atoms. The number of aromatic nitrogens is 2. The van der Waals surface area contributed by atoms with Crippen molar-refractivity contribution >= 4 is 22.3 Å². The molecule has 0 radical (unpaired) electrons. The van der Waals surface area contributed by atoms with Crippen molar-refractivity contribution in [3.8, 4) is 5.69 Å². The average Bonchev–Trinajstić information content (AvgIpc) is 3.12. The van der Waals surface area contributed by atoms with E-state index in [-0.39, 0.29) is 12.2 Å². The number of hydroxylamine groups is 2. The Bertz CT molecular complexity index is 1000. The number of para-hydroxylation sites is 1. The third kappa shape index (κ3) is 2.51. The van der Waals surface area contributed by atoms with E-state index < -0.39 is 34.4 Å². The summed E-state index contributed by atoms with van der Waals surface area (Å²) in [7, 11) is -4.93. The number of nitrogens with zero attached hydrogens (tertiary/aromatic N) is 4. The summed E-state index contributed by atoms with van der Waals surface area (Å²) in [6.07, 6.45) is 1.57. The zero-order chi connectivity index (χ0) is 18.6. The lowest BCUT2D eigenvalue weighted by Gasteiger charge is -2.26. The van der Waals surface area contributed by atoms with Crippen LogP contribution in [-0.4, -0.2) is 51.2 Å². The summed E-state index contributed by atoms with van der Waals surface area (Å²) in [6.45, 7) is -0.0323. The summed E-state index contributed by atoms with van der Waals surface area (Å²) in [5.41, 5.74) is 6.77. The van der Waals surface area contributed by atoms with Gasteiger partial charge in [0.05, 0.1) is 12.2 Å². The van der Waals surface area contributed by atoms with Crippen LogP contribution in [0.25, 0.3) is 5.69 Å². The Balaban J connectivity index is 1.84. The second-order valence-electron chi connectivity index (χ2n) is 5.83. The standard InChI is InChI=1S/C14H13N5O6S/c15-13(20)12-11-9(6-18(16-11)8-4-2-1-3-5-8)10-7-17(12)14(21)19(10)25-26(22,23)24/h1-6,10,12H,7H2,(H2,15,20)(H,22,23,24)/t10-,12?/m1/s1. The van der Waals surface area contributed by atoms with Crippen LogP contribution in [0.3, 0.4) is 0 Å². The molecule has 3 heterocycles. The molecule has 4 rings (SSSR count). The van der Waals surface area contributed by atoms with Crippen molar-refractivity contribution in [3.05, 3.63) is 47.8 Å². The maximum absolute atomic E-state index is 12.4. The van der Waals surface area contributed by atoms with E-state index in [9.17, 15) is 18.0 Å². The number of benzene rings is 1. The highest BCUT2D eigenvalue weighted by Gasteiger charge is 2.53. The number of hydrogen-bond donors (Lipinski definition) is 2. The highest BCUT2D eigenvalue weighted by atomic mass is 32.3. The number of carbonyl (C=O) groups is 2. The van der Waals surface area contributed by atoms with Crippen LogP contribution < -0.4 is 5.73 Å². The van der Waals surface area contributed by atoms with E-state index in [1.54, 1.807) is 30.5 Å². The second kappa shape index (κ2) is 5.52. The summed E-state index contributed by atoms with van der Waals surface area (Å²) in [5.74, 6) is -0.815. The molecule has 1 aromatic heterocycles. The summed E-state index contributed by atoms with van der Waals surface area (Å²) in [6, 6.07) is 6.06. The normalized spacial score (nSPS) is 21.8. The van der Waals surface area contributed by atoms with Gasteiger partial charge in [0, 0.05) is 11.8 Å². The lowest BCUT2D eigenvalue weighted by Crippen LogP contribution is -2.41. The lowest BCUT2D eigenvalue weighted by molar-refractivity contribution is -0.122. The molecule has 2 aliphatic heterocycles. The van der Waals surface area contributed by atoms with Crippen LogP contribution in [0.4, 0.5) is 4.79 Å². The van der Waals surface area contributed by atoms with Gasteiger partial charge in [-0.15, -0.1) is 4.28 Å². The van der Waals surface area contributed by atoms with Crippen molar-refractivity contribution < 1.29 is 26.8 Å². The van der Waals surface area contributed by atoms with Crippen LogP contribution in [0.2, 0.25) is 0 Å². The van der Waals surface area contributed by atoms with Crippen molar-refractivity contribution in [2.45, 2.75) is 12.1 Å². The number of carbonyl (C=O) groups excluding carboxylic acids is 2. The molecule has 0 spiro atoms. The molecule has 26 heavy (non-hydrogen) atoms. The Kier molecular flexibility index (Phi) is 3.50. The van der Waals surface area contributed by atoms with Gasteiger partial charge in [0.1, 0.15) is 11.7 Å². The number of fused-ring (bicyclic) bond motifs is 4. The zero-order valence-electron chi connectivity index (χ0n) is 13.1. The van der Waals surface area contributed by atoms with Crippen molar-refractivity contribution in [2.24, 2.45) is 5.73 Å². The van der Waals surface area contributed by atoms with Gasteiger partial charge >= 0.3 is 16.4 Å². The Morgan fingerprint density at radius 3 is 2.62 bits per heavy atom. The van der Waals surface area contributed by atoms with Crippen LogP contribution in [0, 0.1) is 0 Å². The maximum atomic E-state index is 12.4. The summed E-state index contributed by atoms with van der Waals surface area (Å²) in [4.78, 5) is 25.4. The molecule has 12 heteroatoms. The minimum atomic E-state index is -4.93. The number of nitrogens with two attached hydrogens (primary N) is 1. The van der Waals surface area contributed by atoms with E-state index in [0.29, 0.717) is 16.3 Å². The highest BCUT2D eigenvalue weighted by molar-refractivity contribution is 7.80. The maximum Gasteiger partial charge on any atom is 0.418 e. The second-order valence-corrected chi connectivity index (χ2v) is 6.84. The molecule has 2 aromatic rings. The van der Waals surface area contributed by atoms with Crippen LogP contribution in [-0.2, 0) is 19.5 Å². The molecule has 0 aliphatic carbocycles. The monoisotopic (exact) mass is 379 g/mol. The Morgan fingerprint density at radius 1 is 1.31 bits per heavy atom. The first-order chi connectivity index (χ1) is 12.3. The Labute approximate surface area is 147 Å². The molecule has 1 fully saturated rings. The summed E-state index contributed by atoms with van der Waals surface area (Å²) < 4.78 is 37.0. The largest absolute Gasteiger partial charge is 0.418 e. The number of primary amides is 1. The molecule has 1 saturated heterocycles.